The first-order chi connectivity index (χ1) is 10.1. The van der Waals surface area contributed by atoms with Crippen molar-refractivity contribution >= 4 is 0 Å². The zero-order valence-electron chi connectivity index (χ0n) is 14.7. The first kappa shape index (κ1) is 20.0. The largest absolute Gasteiger partial charge is 0.349 e. The topological polar surface area (TPSA) is 3.24 Å². The highest BCUT2D eigenvalue weighted by Gasteiger charge is 2.27. The minimum Gasteiger partial charge on any atom is -0.349 e. The van der Waals surface area contributed by atoms with E-state index in [0.29, 0.717) is 0 Å². The summed E-state index contributed by atoms with van der Waals surface area (Å²) < 4.78 is 0. The quantitative estimate of drug-likeness (QED) is 0.250. The van der Waals surface area contributed by atoms with E-state index in [1.807, 2.05) is 18.4 Å². The molecule has 0 heterocycles. The minimum atomic E-state index is 0.197. The zero-order valence-corrected chi connectivity index (χ0v) is 14.7. The van der Waals surface area contributed by atoms with Crippen molar-refractivity contribution in [2.45, 2.75) is 90.5 Å². The maximum Gasteiger partial charge on any atom is 0.0411 e. The van der Waals surface area contributed by atoms with Gasteiger partial charge in [0.15, 0.2) is 0 Å². The van der Waals surface area contributed by atoms with Gasteiger partial charge in [0.1, 0.15) is 0 Å². The molecule has 0 unspecified atom stereocenters. The molecule has 0 atom stereocenters. The van der Waals surface area contributed by atoms with Gasteiger partial charge < -0.3 is 4.90 Å². The lowest BCUT2D eigenvalue weighted by molar-refractivity contribution is 0.184. The van der Waals surface area contributed by atoms with Gasteiger partial charge in [-0.25, -0.2) is 0 Å². The maximum atomic E-state index is 4.01. The van der Waals surface area contributed by atoms with Crippen molar-refractivity contribution < 1.29 is 0 Å². The summed E-state index contributed by atoms with van der Waals surface area (Å²) in [5.74, 6) is 0. The Kier molecular flexibility index (Phi) is 12.1. The molecule has 0 bridgehead atoms. The average Bonchev–Trinajstić information content (AvgIpc) is 2.49. The lowest BCUT2D eigenvalue weighted by atomic mass is 9.86. The molecule has 0 saturated heterocycles. The molecule has 0 aromatic rings. The van der Waals surface area contributed by atoms with Gasteiger partial charge in [0.05, 0.1) is 0 Å². The third-order valence-corrected chi connectivity index (χ3v) is 4.34. The number of nitrogens with zero attached hydrogens (tertiary/aromatic N) is 1. The monoisotopic (exact) mass is 291 g/mol. The average molecular weight is 292 g/mol. The Morgan fingerprint density at radius 3 is 1.76 bits per heavy atom. The second-order valence-electron chi connectivity index (χ2n) is 6.29. The summed E-state index contributed by atoms with van der Waals surface area (Å²) in [6.07, 6.45) is 21.0. The Hall–Kier alpha value is -0.980. The van der Waals surface area contributed by atoms with Crippen LogP contribution in [-0.2, 0) is 0 Å². The van der Waals surface area contributed by atoms with Crippen LogP contribution < -0.4 is 0 Å². The van der Waals surface area contributed by atoms with Crippen LogP contribution in [0.25, 0.3) is 0 Å². The Bertz CT molecular complexity index is 278. The molecule has 21 heavy (non-hydrogen) atoms. The molecule has 0 spiro atoms. The molecule has 0 rings (SSSR count). The van der Waals surface area contributed by atoms with E-state index in [0.717, 1.165) is 0 Å². The van der Waals surface area contributed by atoms with Crippen molar-refractivity contribution in [3.8, 4) is 0 Å². The molecule has 1 heteroatoms. The Morgan fingerprint density at radius 1 is 0.857 bits per heavy atom. The first-order valence-electron chi connectivity index (χ1n) is 8.84. The van der Waals surface area contributed by atoms with Gasteiger partial charge in [-0.1, -0.05) is 84.4 Å². The zero-order chi connectivity index (χ0) is 16.0. The fourth-order valence-electron chi connectivity index (χ4n) is 2.86. The first-order valence-corrected chi connectivity index (χ1v) is 8.84. The van der Waals surface area contributed by atoms with Crippen LogP contribution in [0.5, 0.6) is 0 Å². The molecular formula is C20H37N. The van der Waals surface area contributed by atoms with Crippen molar-refractivity contribution in [1.82, 2.24) is 4.90 Å². The molecule has 0 aliphatic carbocycles. The fraction of sp³-hybridized carbons (Fsp3) is 0.700. The molecule has 0 aliphatic rings. The second kappa shape index (κ2) is 12.7. The lowest BCUT2D eigenvalue weighted by Crippen LogP contribution is -2.39. The molecule has 0 aliphatic heterocycles. The van der Waals surface area contributed by atoms with Gasteiger partial charge in [-0.15, -0.1) is 0 Å². The molecule has 0 fully saturated rings. The third kappa shape index (κ3) is 8.80. The summed E-state index contributed by atoms with van der Waals surface area (Å²) in [5.41, 5.74) is 0.197. The maximum absolute atomic E-state index is 4.01. The highest BCUT2D eigenvalue weighted by atomic mass is 15.2. The molecule has 122 valence electrons. The smallest absolute Gasteiger partial charge is 0.0411 e. The fourth-order valence-corrected chi connectivity index (χ4v) is 2.86. The summed E-state index contributed by atoms with van der Waals surface area (Å²) in [6.45, 7) is 14.7. The van der Waals surface area contributed by atoms with Crippen molar-refractivity contribution in [3.63, 3.8) is 0 Å². The summed E-state index contributed by atoms with van der Waals surface area (Å²) in [6, 6.07) is 0. The molecule has 0 aromatic heterocycles. The summed E-state index contributed by atoms with van der Waals surface area (Å²) in [4.78, 5) is 2.30. The van der Waals surface area contributed by atoms with E-state index < -0.39 is 0 Å². The summed E-state index contributed by atoms with van der Waals surface area (Å²) in [5, 5.41) is 0. The molecule has 0 amide bonds. The van der Waals surface area contributed by atoms with Crippen molar-refractivity contribution in [1.29, 1.82) is 0 Å². The van der Waals surface area contributed by atoms with E-state index in [9.17, 15) is 0 Å². The van der Waals surface area contributed by atoms with Crippen LogP contribution in [0.15, 0.2) is 37.7 Å². The van der Waals surface area contributed by atoms with Gasteiger partial charge >= 0.3 is 0 Å². The van der Waals surface area contributed by atoms with E-state index in [1.54, 1.807) is 0 Å². The lowest BCUT2D eigenvalue weighted by Gasteiger charge is -2.39. The molecule has 1 nitrogen and oxygen atoms in total. The van der Waals surface area contributed by atoms with Gasteiger partial charge in [0.25, 0.3) is 0 Å². The van der Waals surface area contributed by atoms with Crippen molar-refractivity contribution in [3.05, 3.63) is 37.7 Å². The summed E-state index contributed by atoms with van der Waals surface area (Å²) >= 11 is 0. The van der Waals surface area contributed by atoms with Crippen molar-refractivity contribution in [2.24, 2.45) is 0 Å². The predicted molar refractivity (Wildman–Crippen MR) is 97.3 cm³/mol. The van der Waals surface area contributed by atoms with Crippen LogP contribution in [-0.4, -0.2) is 10.4 Å². The normalized spacial score (nSPS) is 11.8. The Labute approximate surface area is 133 Å². The minimum absolute atomic E-state index is 0.197. The van der Waals surface area contributed by atoms with Crippen LogP contribution in [0.4, 0.5) is 0 Å². The summed E-state index contributed by atoms with van der Waals surface area (Å²) in [7, 11) is 0. The van der Waals surface area contributed by atoms with Crippen LogP contribution in [0.2, 0.25) is 0 Å². The van der Waals surface area contributed by atoms with Gasteiger partial charge in [-0.3, -0.25) is 0 Å². The van der Waals surface area contributed by atoms with Crippen LogP contribution >= 0.6 is 0 Å². The Balaban J connectivity index is 4.64. The predicted octanol–water partition coefficient (Wildman–Crippen LogP) is 6.83. The highest BCUT2D eigenvalue weighted by Crippen LogP contribution is 2.30. The molecule has 0 aromatic carbocycles. The van der Waals surface area contributed by atoms with Gasteiger partial charge in [0.2, 0.25) is 0 Å². The van der Waals surface area contributed by atoms with Gasteiger partial charge in [-0.2, -0.15) is 0 Å². The number of hydrogen-bond donors (Lipinski definition) is 0. The standard InChI is InChI=1S/C20H37N/c1-6-10-13-15-17-20(5,18-16-14-11-7-2)21(9-4)19-12-8-3/h8-9,12,19H,3-4,6-7,10-11,13-18H2,1-2,5H3/b19-12-. The number of hydrogen-bond acceptors (Lipinski definition) is 1. The third-order valence-electron chi connectivity index (χ3n) is 4.34. The number of unbranched alkanes of at least 4 members (excludes halogenated alkanes) is 6. The Morgan fingerprint density at radius 2 is 1.38 bits per heavy atom. The molecular weight excluding hydrogens is 254 g/mol. The van der Waals surface area contributed by atoms with Crippen LogP contribution in [0, 0.1) is 0 Å². The van der Waals surface area contributed by atoms with E-state index >= 15 is 0 Å². The molecule has 0 N–H and O–H groups in total. The second-order valence-corrected chi connectivity index (χ2v) is 6.29. The van der Waals surface area contributed by atoms with E-state index in [-0.39, 0.29) is 5.54 Å². The SMILES string of the molecule is C=C/C=C\N(C=C)C(C)(CCCCCC)CCCCCC. The molecule has 0 saturated carbocycles. The van der Waals surface area contributed by atoms with Gasteiger partial charge in [0, 0.05) is 11.7 Å². The van der Waals surface area contributed by atoms with Crippen molar-refractivity contribution in [2.75, 3.05) is 0 Å². The van der Waals surface area contributed by atoms with E-state index in [2.05, 4.69) is 45.0 Å². The van der Waals surface area contributed by atoms with E-state index in [1.165, 1.54) is 64.2 Å². The highest BCUT2D eigenvalue weighted by molar-refractivity contribution is 5.04. The van der Waals surface area contributed by atoms with Crippen LogP contribution in [0.3, 0.4) is 0 Å². The van der Waals surface area contributed by atoms with Crippen LogP contribution in [0.1, 0.15) is 85.0 Å². The number of rotatable bonds is 14. The van der Waals surface area contributed by atoms with Gasteiger partial charge in [-0.05, 0) is 32.0 Å². The molecule has 0 radical (unpaired) electrons. The number of allylic oxidation sites excluding steroid dienone is 2. The van der Waals surface area contributed by atoms with E-state index in [4.69, 9.17) is 0 Å².